The Labute approximate surface area is 160 Å². The topological polar surface area (TPSA) is 48.0 Å². The molecule has 0 bridgehead atoms. The van der Waals surface area contributed by atoms with Crippen molar-refractivity contribution in [3.63, 3.8) is 0 Å². The Kier molecular flexibility index (Phi) is 5.32. The molecule has 5 heteroatoms. The molecule has 0 aliphatic carbocycles. The van der Waals surface area contributed by atoms with E-state index in [0.717, 1.165) is 48.0 Å². The van der Waals surface area contributed by atoms with Crippen LogP contribution in [0.4, 0.5) is 0 Å². The van der Waals surface area contributed by atoms with Crippen LogP contribution in [0.2, 0.25) is 0 Å². The van der Waals surface area contributed by atoms with Crippen LogP contribution in [0.25, 0.3) is 10.8 Å². The molecule has 5 nitrogen and oxygen atoms in total. The van der Waals surface area contributed by atoms with Gasteiger partial charge in [-0.15, -0.1) is 0 Å². The van der Waals surface area contributed by atoms with E-state index < -0.39 is 0 Å². The molecule has 2 aromatic carbocycles. The summed E-state index contributed by atoms with van der Waals surface area (Å²) < 4.78 is 16.5. The number of carbonyl (C=O) groups is 1. The summed E-state index contributed by atoms with van der Waals surface area (Å²) in [5.74, 6) is 1.31. The van der Waals surface area contributed by atoms with Crippen LogP contribution in [0.5, 0.6) is 5.75 Å². The number of nitrogens with zero attached hydrogens (tertiary/aromatic N) is 1. The Morgan fingerprint density at radius 3 is 2.44 bits per heavy atom. The number of amides is 1. The monoisotopic (exact) mass is 369 g/mol. The third kappa shape index (κ3) is 3.80. The van der Waals surface area contributed by atoms with Crippen LogP contribution in [-0.4, -0.2) is 50.5 Å². The van der Waals surface area contributed by atoms with Crippen molar-refractivity contribution in [2.75, 3.05) is 33.4 Å². The highest BCUT2D eigenvalue weighted by atomic mass is 16.7. The second kappa shape index (κ2) is 7.87. The molecule has 1 amide bonds. The van der Waals surface area contributed by atoms with Crippen molar-refractivity contribution in [3.05, 3.63) is 42.0 Å². The van der Waals surface area contributed by atoms with Crippen LogP contribution in [0, 0.1) is 5.92 Å². The number of ether oxygens (including phenoxy) is 3. The molecule has 0 unspecified atom stereocenters. The van der Waals surface area contributed by atoms with E-state index >= 15 is 0 Å². The lowest BCUT2D eigenvalue weighted by molar-refractivity contribution is -0.138. The van der Waals surface area contributed by atoms with Gasteiger partial charge in [-0.25, -0.2) is 0 Å². The van der Waals surface area contributed by atoms with Gasteiger partial charge >= 0.3 is 0 Å². The van der Waals surface area contributed by atoms with E-state index in [-0.39, 0.29) is 18.1 Å². The Morgan fingerprint density at radius 2 is 1.74 bits per heavy atom. The van der Waals surface area contributed by atoms with Crippen molar-refractivity contribution >= 4 is 16.7 Å². The lowest BCUT2D eigenvalue weighted by atomic mass is 9.93. The van der Waals surface area contributed by atoms with Gasteiger partial charge in [0.2, 0.25) is 5.91 Å². The first-order valence-corrected chi connectivity index (χ1v) is 9.75. The number of carbonyl (C=O) groups excluding carboxylic acids is 1. The van der Waals surface area contributed by atoms with Crippen LogP contribution in [-0.2, 0) is 14.3 Å². The Morgan fingerprint density at radius 1 is 1.07 bits per heavy atom. The zero-order valence-corrected chi connectivity index (χ0v) is 16.0. The molecule has 27 heavy (non-hydrogen) atoms. The van der Waals surface area contributed by atoms with Crippen LogP contribution >= 0.6 is 0 Å². The second-order valence-electron chi connectivity index (χ2n) is 7.47. The molecule has 0 radical (unpaired) electrons. The normalized spacial score (nSPS) is 20.1. The molecule has 1 atom stereocenters. The fourth-order valence-electron chi connectivity index (χ4n) is 4.10. The number of rotatable bonds is 4. The molecule has 0 N–H and O–H groups in total. The molecule has 0 saturated carbocycles. The van der Waals surface area contributed by atoms with Gasteiger partial charge in [0.05, 0.1) is 26.2 Å². The van der Waals surface area contributed by atoms with Crippen LogP contribution in [0.15, 0.2) is 36.4 Å². The summed E-state index contributed by atoms with van der Waals surface area (Å²) in [5, 5.41) is 2.25. The zero-order valence-electron chi connectivity index (χ0n) is 16.0. The quantitative estimate of drug-likeness (QED) is 0.827. The van der Waals surface area contributed by atoms with E-state index in [0.29, 0.717) is 19.1 Å². The predicted molar refractivity (Wildman–Crippen MR) is 104 cm³/mol. The third-order valence-electron chi connectivity index (χ3n) is 5.83. The van der Waals surface area contributed by atoms with Gasteiger partial charge in [0, 0.05) is 19.0 Å². The lowest BCUT2D eigenvalue weighted by Crippen LogP contribution is -2.43. The number of fused-ring (bicyclic) bond motifs is 1. The summed E-state index contributed by atoms with van der Waals surface area (Å²) in [7, 11) is 1.67. The third-order valence-corrected chi connectivity index (χ3v) is 5.83. The maximum absolute atomic E-state index is 13.0. The van der Waals surface area contributed by atoms with Gasteiger partial charge in [0.25, 0.3) is 0 Å². The average Bonchev–Trinajstić information content (AvgIpc) is 3.27. The van der Waals surface area contributed by atoms with Gasteiger partial charge in [0.1, 0.15) is 5.75 Å². The van der Waals surface area contributed by atoms with E-state index in [1.54, 1.807) is 7.11 Å². The van der Waals surface area contributed by atoms with E-state index in [2.05, 4.69) is 18.2 Å². The summed E-state index contributed by atoms with van der Waals surface area (Å²) in [5.41, 5.74) is 1.06. The summed E-state index contributed by atoms with van der Waals surface area (Å²) in [6, 6.07) is 12.3. The van der Waals surface area contributed by atoms with Crippen molar-refractivity contribution in [1.29, 1.82) is 0 Å². The Balaban J connectivity index is 1.42. The maximum Gasteiger partial charge on any atom is 0.229 e. The van der Waals surface area contributed by atoms with Crippen molar-refractivity contribution in [1.82, 2.24) is 4.90 Å². The van der Waals surface area contributed by atoms with Crippen LogP contribution in [0.3, 0.4) is 0 Å². The predicted octanol–water partition coefficient (Wildman–Crippen LogP) is 3.56. The number of hydrogen-bond acceptors (Lipinski definition) is 4. The minimum Gasteiger partial charge on any atom is -0.497 e. The summed E-state index contributed by atoms with van der Waals surface area (Å²) >= 11 is 0. The molecule has 2 fully saturated rings. The first-order valence-electron chi connectivity index (χ1n) is 9.75. The summed E-state index contributed by atoms with van der Waals surface area (Å²) in [6.07, 6.45) is 1.82. The van der Waals surface area contributed by atoms with Gasteiger partial charge in [-0.2, -0.15) is 0 Å². The fourth-order valence-corrected chi connectivity index (χ4v) is 4.10. The van der Waals surface area contributed by atoms with Crippen molar-refractivity contribution in [3.8, 4) is 5.75 Å². The SMILES string of the molecule is COc1ccc2cc([C@H](C)C(=O)N3CCC(C4OCCO4)CC3)ccc2c1. The van der Waals surface area contributed by atoms with Crippen molar-refractivity contribution in [2.24, 2.45) is 5.92 Å². The first-order chi connectivity index (χ1) is 13.2. The van der Waals surface area contributed by atoms with Gasteiger partial charge < -0.3 is 19.1 Å². The first kappa shape index (κ1) is 18.3. The molecule has 0 aromatic heterocycles. The lowest BCUT2D eigenvalue weighted by Gasteiger charge is -2.35. The highest BCUT2D eigenvalue weighted by Gasteiger charge is 2.33. The smallest absolute Gasteiger partial charge is 0.229 e. The molecule has 2 saturated heterocycles. The number of piperidine rings is 1. The molecule has 144 valence electrons. The Hall–Kier alpha value is -2.11. The fraction of sp³-hybridized carbons (Fsp3) is 0.500. The van der Waals surface area contributed by atoms with E-state index in [9.17, 15) is 4.79 Å². The minimum atomic E-state index is -0.146. The van der Waals surface area contributed by atoms with Gasteiger partial charge in [-0.05, 0) is 48.2 Å². The standard InChI is InChI=1S/C22H27NO4/c1-15(17-3-4-19-14-20(25-2)6-5-18(19)13-17)21(24)23-9-7-16(8-10-23)22-26-11-12-27-22/h3-6,13-16,22H,7-12H2,1-2H3/t15-/m0/s1. The largest absolute Gasteiger partial charge is 0.497 e. The van der Waals surface area contributed by atoms with Crippen LogP contribution in [0.1, 0.15) is 31.2 Å². The minimum absolute atomic E-state index is 0.0721. The van der Waals surface area contributed by atoms with Gasteiger partial charge in [-0.3, -0.25) is 4.79 Å². The van der Waals surface area contributed by atoms with Gasteiger partial charge in [-0.1, -0.05) is 24.3 Å². The molecule has 4 rings (SSSR count). The average molecular weight is 369 g/mol. The molecule has 2 aliphatic heterocycles. The van der Waals surface area contributed by atoms with Crippen molar-refractivity contribution in [2.45, 2.75) is 32.0 Å². The van der Waals surface area contributed by atoms with E-state index in [1.807, 2.05) is 30.0 Å². The van der Waals surface area contributed by atoms with E-state index in [1.165, 1.54) is 0 Å². The number of methoxy groups -OCH3 is 1. The number of benzene rings is 2. The molecule has 2 aromatic rings. The zero-order chi connectivity index (χ0) is 18.8. The highest BCUT2D eigenvalue weighted by molar-refractivity contribution is 5.88. The highest BCUT2D eigenvalue weighted by Crippen LogP contribution is 2.29. The molecular weight excluding hydrogens is 342 g/mol. The Bertz CT molecular complexity index is 807. The maximum atomic E-state index is 13.0. The molecule has 2 aliphatic rings. The summed E-state index contributed by atoms with van der Waals surface area (Å²) in [4.78, 5) is 15.0. The second-order valence-corrected chi connectivity index (χ2v) is 7.47. The van der Waals surface area contributed by atoms with Crippen molar-refractivity contribution < 1.29 is 19.0 Å². The number of likely N-dealkylation sites (tertiary alicyclic amines) is 1. The summed E-state index contributed by atoms with van der Waals surface area (Å²) in [6.45, 7) is 4.94. The number of hydrogen-bond donors (Lipinski definition) is 0. The van der Waals surface area contributed by atoms with Gasteiger partial charge in [0.15, 0.2) is 6.29 Å². The molecular formula is C22H27NO4. The van der Waals surface area contributed by atoms with Crippen LogP contribution < -0.4 is 4.74 Å². The molecule has 0 spiro atoms. The van der Waals surface area contributed by atoms with E-state index in [4.69, 9.17) is 14.2 Å². The molecule has 2 heterocycles.